The zero-order valence-corrected chi connectivity index (χ0v) is 12.3. The van der Waals surface area contributed by atoms with Crippen LogP contribution in [0.15, 0.2) is 0 Å². The quantitative estimate of drug-likeness (QED) is 0.738. The molecule has 1 rings (SSSR count). The third kappa shape index (κ3) is 4.97. The van der Waals surface area contributed by atoms with Crippen LogP contribution in [0.1, 0.15) is 26.7 Å². The van der Waals surface area contributed by atoms with E-state index in [-0.39, 0.29) is 18.4 Å². The van der Waals surface area contributed by atoms with Crippen molar-refractivity contribution >= 4 is 6.09 Å². The number of nitrogens with one attached hydrogen (secondary N) is 1. The number of piperidine rings is 1. The first-order valence-corrected chi connectivity index (χ1v) is 6.85. The van der Waals surface area contributed by atoms with E-state index in [1.165, 1.54) is 0 Å². The highest BCUT2D eigenvalue weighted by molar-refractivity contribution is 5.67. The van der Waals surface area contributed by atoms with E-state index in [2.05, 4.69) is 5.32 Å². The smallest absolute Gasteiger partial charge is 0.409 e. The molecule has 1 fully saturated rings. The zero-order valence-electron chi connectivity index (χ0n) is 12.3. The fourth-order valence-electron chi connectivity index (χ4n) is 2.40. The normalized spacial score (nSPS) is 18.7. The van der Waals surface area contributed by atoms with Gasteiger partial charge in [0.25, 0.3) is 0 Å². The van der Waals surface area contributed by atoms with Crippen LogP contribution in [-0.4, -0.2) is 63.3 Å². The maximum Gasteiger partial charge on any atom is 0.409 e. The van der Waals surface area contributed by atoms with Gasteiger partial charge in [-0.1, -0.05) is 0 Å². The first-order chi connectivity index (χ1) is 9.12. The second kappa shape index (κ2) is 8.35. The van der Waals surface area contributed by atoms with Crippen molar-refractivity contribution in [1.29, 1.82) is 0 Å². The van der Waals surface area contributed by atoms with Gasteiger partial charge in [-0.3, -0.25) is 0 Å². The molecule has 0 aromatic carbocycles. The third-order valence-electron chi connectivity index (χ3n) is 3.39. The summed E-state index contributed by atoms with van der Waals surface area (Å²) in [5.41, 5.74) is 0. The number of methoxy groups -OCH3 is 2. The van der Waals surface area contributed by atoms with Gasteiger partial charge in [-0.2, -0.15) is 0 Å². The summed E-state index contributed by atoms with van der Waals surface area (Å²) in [6.45, 7) is 5.75. The van der Waals surface area contributed by atoms with E-state index >= 15 is 0 Å². The second-order valence-corrected chi connectivity index (χ2v) is 4.76. The molecule has 0 aromatic heterocycles. The van der Waals surface area contributed by atoms with Gasteiger partial charge < -0.3 is 24.4 Å². The lowest BCUT2D eigenvalue weighted by atomic mass is 10.0. The molecule has 0 aliphatic carbocycles. The molecule has 0 radical (unpaired) electrons. The molecule has 19 heavy (non-hydrogen) atoms. The lowest BCUT2D eigenvalue weighted by molar-refractivity contribution is -0.121. The monoisotopic (exact) mass is 274 g/mol. The summed E-state index contributed by atoms with van der Waals surface area (Å²) in [5, 5.41) is 3.48. The molecule has 1 unspecified atom stereocenters. The average molecular weight is 274 g/mol. The number of ether oxygens (including phenoxy) is 3. The van der Waals surface area contributed by atoms with Crippen molar-refractivity contribution < 1.29 is 19.0 Å². The summed E-state index contributed by atoms with van der Waals surface area (Å²) in [6, 6.07) is 0.502. The van der Waals surface area contributed by atoms with Crippen LogP contribution in [0, 0.1) is 0 Å². The average Bonchev–Trinajstić information content (AvgIpc) is 2.41. The highest BCUT2D eigenvalue weighted by atomic mass is 16.7. The molecular weight excluding hydrogens is 248 g/mol. The van der Waals surface area contributed by atoms with Crippen LogP contribution in [0.3, 0.4) is 0 Å². The first-order valence-electron chi connectivity index (χ1n) is 6.85. The Hall–Kier alpha value is -0.850. The van der Waals surface area contributed by atoms with E-state index < -0.39 is 0 Å². The van der Waals surface area contributed by atoms with Gasteiger partial charge in [-0.25, -0.2) is 4.79 Å². The van der Waals surface area contributed by atoms with Gasteiger partial charge in [0.05, 0.1) is 12.6 Å². The lowest BCUT2D eigenvalue weighted by Crippen LogP contribution is -2.50. The number of rotatable bonds is 6. The van der Waals surface area contributed by atoms with Crippen LogP contribution < -0.4 is 5.32 Å². The molecule has 0 bridgehead atoms. The number of carbonyl (C=O) groups excluding carboxylic acids is 1. The van der Waals surface area contributed by atoms with E-state index in [1.54, 1.807) is 19.1 Å². The molecule has 0 aromatic rings. The van der Waals surface area contributed by atoms with E-state index in [4.69, 9.17) is 14.2 Å². The molecule has 1 atom stereocenters. The number of hydrogen-bond donors (Lipinski definition) is 1. The zero-order chi connectivity index (χ0) is 14.3. The van der Waals surface area contributed by atoms with Crippen LogP contribution in [0.2, 0.25) is 0 Å². The molecule has 0 saturated carbocycles. The Balaban J connectivity index is 2.32. The minimum Gasteiger partial charge on any atom is -0.450 e. The van der Waals surface area contributed by atoms with E-state index in [0.29, 0.717) is 12.6 Å². The third-order valence-corrected chi connectivity index (χ3v) is 3.39. The van der Waals surface area contributed by atoms with Crippen molar-refractivity contribution in [1.82, 2.24) is 10.2 Å². The molecular formula is C13H26N2O4. The Labute approximate surface area is 115 Å². The van der Waals surface area contributed by atoms with Crippen LogP contribution in [0.4, 0.5) is 4.79 Å². The van der Waals surface area contributed by atoms with Gasteiger partial charge in [0.2, 0.25) is 0 Å². The summed E-state index contributed by atoms with van der Waals surface area (Å²) in [4.78, 5) is 13.3. The van der Waals surface area contributed by atoms with Gasteiger partial charge in [0.15, 0.2) is 6.29 Å². The molecule has 1 aliphatic rings. The minimum absolute atomic E-state index is 0.120. The molecule has 1 amide bonds. The van der Waals surface area contributed by atoms with Gasteiger partial charge in [-0.05, 0) is 26.7 Å². The summed E-state index contributed by atoms with van der Waals surface area (Å²) >= 11 is 0. The molecule has 1 heterocycles. The standard InChI is InChI=1S/C13H26N2O4/c1-5-19-13(16)15-8-6-11(7-9-15)14-10(2)12(17-3)18-4/h10-12,14H,5-9H2,1-4H3. The molecule has 1 aliphatic heterocycles. The van der Waals surface area contributed by atoms with Crippen molar-refractivity contribution in [3.05, 3.63) is 0 Å². The first kappa shape index (κ1) is 16.2. The van der Waals surface area contributed by atoms with Gasteiger partial charge in [0, 0.05) is 33.4 Å². The minimum atomic E-state index is -0.247. The number of likely N-dealkylation sites (tertiary alicyclic amines) is 1. The van der Waals surface area contributed by atoms with E-state index in [0.717, 1.165) is 25.9 Å². The van der Waals surface area contributed by atoms with Gasteiger partial charge in [-0.15, -0.1) is 0 Å². The highest BCUT2D eigenvalue weighted by Gasteiger charge is 2.26. The predicted octanol–water partition coefficient (Wildman–Crippen LogP) is 1.20. The molecule has 6 nitrogen and oxygen atoms in total. The molecule has 6 heteroatoms. The highest BCUT2D eigenvalue weighted by Crippen LogP contribution is 2.13. The Kier molecular flexibility index (Phi) is 7.12. The Morgan fingerprint density at radius 3 is 2.37 bits per heavy atom. The summed E-state index contributed by atoms with van der Waals surface area (Å²) in [6.07, 6.45) is 1.39. The van der Waals surface area contributed by atoms with Crippen molar-refractivity contribution in [3.8, 4) is 0 Å². The summed E-state index contributed by atoms with van der Waals surface area (Å²) in [5.74, 6) is 0. The van der Waals surface area contributed by atoms with Crippen molar-refractivity contribution in [2.24, 2.45) is 0 Å². The molecule has 0 spiro atoms. The predicted molar refractivity (Wildman–Crippen MR) is 72.0 cm³/mol. The lowest BCUT2D eigenvalue weighted by Gasteiger charge is -2.34. The number of hydrogen-bond acceptors (Lipinski definition) is 5. The van der Waals surface area contributed by atoms with Crippen molar-refractivity contribution in [2.45, 2.75) is 45.1 Å². The second-order valence-electron chi connectivity index (χ2n) is 4.76. The number of nitrogens with zero attached hydrogens (tertiary/aromatic N) is 1. The van der Waals surface area contributed by atoms with Gasteiger partial charge >= 0.3 is 6.09 Å². The van der Waals surface area contributed by atoms with Crippen LogP contribution >= 0.6 is 0 Å². The van der Waals surface area contributed by atoms with Crippen LogP contribution in [0.25, 0.3) is 0 Å². The van der Waals surface area contributed by atoms with Crippen molar-refractivity contribution in [2.75, 3.05) is 33.9 Å². The Bertz CT molecular complexity index is 263. The summed E-state index contributed by atoms with van der Waals surface area (Å²) < 4.78 is 15.4. The number of amides is 1. The largest absolute Gasteiger partial charge is 0.450 e. The van der Waals surface area contributed by atoms with Crippen molar-refractivity contribution in [3.63, 3.8) is 0 Å². The van der Waals surface area contributed by atoms with Crippen LogP contribution in [-0.2, 0) is 14.2 Å². The van der Waals surface area contributed by atoms with Gasteiger partial charge in [0.1, 0.15) is 0 Å². The maximum absolute atomic E-state index is 11.6. The summed E-state index contributed by atoms with van der Waals surface area (Å²) in [7, 11) is 3.27. The van der Waals surface area contributed by atoms with E-state index in [9.17, 15) is 4.79 Å². The number of carbonyl (C=O) groups is 1. The Morgan fingerprint density at radius 1 is 1.32 bits per heavy atom. The topological polar surface area (TPSA) is 60.0 Å². The molecule has 112 valence electrons. The fourth-order valence-corrected chi connectivity index (χ4v) is 2.40. The van der Waals surface area contributed by atoms with E-state index in [1.807, 2.05) is 13.8 Å². The maximum atomic E-state index is 11.6. The fraction of sp³-hybridized carbons (Fsp3) is 0.923. The SMILES string of the molecule is CCOC(=O)N1CCC(NC(C)C(OC)OC)CC1. The van der Waals surface area contributed by atoms with Crippen LogP contribution in [0.5, 0.6) is 0 Å². The Morgan fingerprint density at radius 2 is 1.89 bits per heavy atom. The molecule has 1 N–H and O–H groups in total. The molecule has 1 saturated heterocycles.